The van der Waals surface area contributed by atoms with E-state index in [2.05, 4.69) is 65.5 Å². The van der Waals surface area contributed by atoms with Crippen molar-refractivity contribution in [2.75, 3.05) is 12.9 Å². The van der Waals surface area contributed by atoms with E-state index in [1.54, 1.807) is 7.11 Å². The summed E-state index contributed by atoms with van der Waals surface area (Å²) in [7, 11) is 1.63. The summed E-state index contributed by atoms with van der Waals surface area (Å²) in [6, 6.07) is 16.0. The number of H-pyrrole nitrogens is 1. The summed E-state index contributed by atoms with van der Waals surface area (Å²) in [6.45, 7) is 6.36. The highest BCUT2D eigenvalue weighted by Crippen LogP contribution is 2.24. The van der Waals surface area contributed by atoms with Gasteiger partial charge >= 0.3 is 0 Å². The number of ether oxygens (including phenoxy) is 1. The average molecular weight is 425 g/mol. The van der Waals surface area contributed by atoms with Gasteiger partial charge in [0.05, 0.1) is 18.9 Å². The van der Waals surface area contributed by atoms with E-state index in [1.807, 2.05) is 24.3 Å². The van der Waals surface area contributed by atoms with Crippen molar-refractivity contribution in [3.8, 4) is 17.1 Å². The fourth-order valence-electron chi connectivity index (χ4n) is 3.13. The molecule has 0 fully saturated rings. The van der Waals surface area contributed by atoms with Crippen LogP contribution in [-0.4, -0.2) is 34.0 Å². The Labute approximate surface area is 181 Å². The molecule has 0 bridgehead atoms. The molecule has 6 nitrogen and oxygen atoms in total. The molecular weight excluding hydrogens is 396 g/mol. The summed E-state index contributed by atoms with van der Waals surface area (Å²) in [5, 5.41) is 10.8. The molecule has 0 spiro atoms. The smallest absolute Gasteiger partial charge is 0.230 e. The summed E-state index contributed by atoms with van der Waals surface area (Å²) in [4.78, 5) is 17.0. The number of rotatable bonds is 9. The lowest BCUT2D eigenvalue weighted by atomic mass is 9.95. The number of thioether (sulfide) groups is 1. The molecule has 0 aliphatic carbocycles. The second kappa shape index (κ2) is 10.3. The molecule has 1 amide bonds. The number of methoxy groups -OCH3 is 1. The highest BCUT2D eigenvalue weighted by atomic mass is 32.2. The Morgan fingerprint density at radius 2 is 1.83 bits per heavy atom. The van der Waals surface area contributed by atoms with Crippen LogP contribution in [0.2, 0.25) is 0 Å². The lowest BCUT2D eigenvalue weighted by molar-refractivity contribution is -0.119. The molecule has 0 aliphatic heterocycles. The van der Waals surface area contributed by atoms with Gasteiger partial charge in [-0.05, 0) is 47.7 Å². The van der Waals surface area contributed by atoms with Crippen LogP contribution < -0.4 is 10.1 Å². The molecule has 2 N–H and O–H groups in total. The molecule has 0 aliphatic rings. The van der Waals surface area contributed by atoms with E-state index in [4.69, 9.17) is 4.74 Å². The van der Waals surface area contributed by atoms with Crippen molar-refractivity contribution in [3.05, 3.63) is 59.7 Å². The van der Waals surface area contributed by atoms with Gasteiger partial charge in [0.2, 0.25) is 11.1 Å². The predicted molar refractivity (Wildman–Crippen MR) is 121 cm³/mol. The zero-order valence-electron chi connectivity index (χ0n) is 17.8. The molecule has 7 heteroatoms. The van der Waals surface area contributed by atoms with Crippen molar-refractivity contribution in [1.29, 1.82) is 0 Å². The summed E-state index contributed by atoms with van der Waals surface area (Å²) in [6.07, 6.45) is 1.00. The highest BCUT2D eigenvalue weighted by molar-refractivity contribution is 7.99. The quantitative estimate of drug-likeness (QED) is 0.489. The summed E-state index contributed by atoms with van der Waals surface area (Å²) in [5.41, 5.74) is 3.33. The maximum absolute atomic E-state index is 12.6. The molecule has 2 aromatic carbocycles. The maximum atomic E-state index is 12.6. The molecule has 1 aromatic heterocycles. The lowest BCUT2D eigenvalue weighted by Crippen LogP contribution is -2.33. The standard InChI is InChI=1S/C23H28N4O2S/c1-5-16-6-8-17(9-7-16)21(15(2)3)24-20(28)14-30-23-25-22(26-27-23)18-10-12-19(29-4)13-11-18/h6-13,15,21H,5,14H2,1-4H3,(H,24,28)(H,25,26,27)/t21-/m1/s1. The topological polar surface area (TPSA) is 79.9 Å². The third kappa shape index (κ3) is 5.63. The number of hydrogen-bond donors (Lipinski definition) is 2. The molecule has 3 aromatic rings. The second-order valence-electron chi connectivity index (χ2n) is 7.37. The maximum Gasteiger partial charge on any atom is 0.230 e. The minimum absolute atomic E-state index is 0.0222. The molecule has 158 valence electrons. The van der Waals surface area contributed by atoms with Crippen LogP contribution in [0.5, 0.6) is 5.75 Å². The Morgan fingerprint density at radius 3 is 2.43 bits per heavy atom. The third-order valence-corrected chi connectivity index (χ3v) is 5.74. The number of aromatic amines is 1. The van der Waals surface area contributed by atoms with E-state index in [-0.39, 0.29) is 23.6 Å². The summed E-state index contributed by atoms with van der Waals surface area (Å²) >= 11 is 1.32. The number of hydrogen-bond acceptors (Lipinski definition) is 5. The van der Waals surface area contributed by atoms with Gasteiger partial charge in [0, 0.05) is 5.56 Å². The van der Waals surface area contributed by atoms with Gasteiger partial charge in [0.15, 0.2) is 5.82 Å². The fourth-order valence-corrected chi connectivity index (χ4v) is 3.74. The summed E-state index contributed by atoms with van der Waals surface area (Å²) < 4.78 is 5.17. The van der Waals surface area contributed by atoms with Crippen LogP contribution in [0.1, 0.15) is 37.9 Å². The van der Waals surface area contributed by atoms with Crippen molar-refractivity contribution >= 4 is 17.7 Å². The SMILES string of the molecule is CCc1ccc([C@H](NC(=O)CSc2n[nH]c(-c3ccc(OC)cc3)n2)C(C)C)cc1. The molecule has 0 radical (unpaired) electrons. The summed E-state index contributed by atoms with van der Waals surface area (Å²) in [5.74, 6) is 1.96. The third-order valence-electron chi connectivity index (χ3n) is 4.89. The number of amides is 1. The van der Waals surface area contributed by atoms with Crippen molar-refractivity contribution in [3.63, 3.8) is 0 Å². The van der Waals surface area contributed by atoms with E-state index >= 15 is 0 Å². The molecule has 1 atom stereocenters. The van der Waals surface area contributed by atoms with Crippen molar-refractivity contribution in [2.24, 2.45) is 5.92 Å². The van der Waals surface area contributed by atoms with Gasteiger partial charge in [0.25, 0.3) is 0 Å². The number of nitrogens with zero attached hydrogens (tertiary/aromatic N) is 2. The van der Waals surface area contributed by atoms with Gasteiger partial charge in [-0.25, -0.2) is 4.98 Å². The number of aryl methyl sites for hydroxylation is 1. The number of benzene rings is 2. The first-order valence-corrected chi connectivity index (χ1v) is 11.1. The highest BCUT2D eigenvalue weighted by Gasteiger charge is 2.19. The number of aromatic nitrogens is 3. The van der Waals surface area contributed by atoms with Gasteiger partial charge in [-0.3, -0.25) is 9.89 Å². The Bertz CT molecular complexity index is 952. The van der Waals surface area contributed by atoms with Crippen molar-refractivity contribution in [1.82, 2.24) is 20.5 Å². The zero-order chi connectivity index (χ0) is 21.5. The van der Waals surface area contributed by atoms with Crippen LogP contribution in [0.25, 0.3) is 11.4 Å². The van der Waals surface area contributed by atoms with Gasteiger partial charge in [-0.2, -0.15) is 0 Å². The van der Waals surface area contributed by atoms with Crippen LogP contribution in [0.3, 0.4) is 0 Å². The van der Waals surface area contributed by atoms with Crippen LogP contribution in [0.15, 0.2) is 53.7 Å². The van der Waals surface area contributed by atoms with E-state index < -0.39 is 0 Å². The first-order valence-electron chi connectivity index (χ1n) is 10.1. The minimum Gasteiger partial charge on any atom is -0.497 e. The van der Waals surface area contributed by atoms with Crippen molar-refractivity contribution in [2.45, 2.75) is 38.4 Å². The first-order chi connectivity index (χ1) is 14.5. The monoisotopic (exact) mass is 424 g/mol. The lowest BCUT2D eigenvalue weighted by Gasteiger charge is -2.23. The van der Waals surface area contributed by atoms with Crippen LogP contribution >= 0.6 is 11.8 Å². The largest absolute Gasteiger partial charge is 0.497 e. The van der Waals surface area contributed by atoms with Gasteiger partial charge in [-0.15, -0.1) is 5.10 Å². The van der Waals surface area contributed by atoms with E-state index in [0.29, 0.717) is 11.0 Å². The number of nitrogens with one attached hydrogen (secondary N) is 2. The van der Waals surface area contributed by atoms with E-state index in [1.165, 1.54) is 17.3 Å². The number of carbonyl (C=O) groups excluding carboxylic acids is 1. The van der Waals surface area contributed by atoms with Crippen LogP contribution in [0.4, 0.5) is 0 Å². The molecule has 0 unspecified atom stereocenters. The predicted octanol–water partition coefficient (Wildman–Crippen LogP) is 4.65. The van der Waals surface area contributed by atoms with Gasteiger partial charge < -0.3 is 10.1 Å². The van der Waals surface area contributed by atoms with E-state index in [9.17, 15) is 4.79 Å². The van der Waals surface area contributed by atoms with Crippen LogP contribution in [0, 0.1) is 5.92 Å². The number of carbonyl (C=O) groups is 1. The molecule has 0 saturated heterocycles. The Balaban J connectivity index is 1.58. The van der Waals surface area contributed by atoms with E-state index in [0.717, 1.165) is 23.3 Å². The molecule has 1 heterocycles. The van der Waals surface area contributed by atoms with Crippen LogP contribution in [-0.2, 0) is 11.2 Å². The Hall–Kier alpha value is -2.80. The molecule has 30 heavy (non-hydrogen) atoms. The fraction of sp³-hybridized carbons (Fsp3) is 0.348. The Morgan fingerprint density at radius 1 is 1.13 bits per heavy atom. The normalized spacial score (nSPS) is 12.0. The van der Waals surface area contributed by atoms with Crippen molar-refractivity contribution < 1.29 is 9.53 Å². The Kier molecular flexibility index (Phi) is 7.52. The molecular formula is C23H28N4O2S. The van der Waals surface area contributed by atoms with Gasteiger partial charge in [0.1, 0.15) is 5.75 Å². The zero-order valence-corrected chi connectivity index (χ0v) is 18.6. The second-order valence-corrected chi connectivity index (χ2v) is 8.31. The molecule has 0 saturated carbocycles. The minimum atomic E-state index is -0.0333. The van der Waals surface area contributed by atoms with Gasteiger partial charge in [-0.1, -0.05) is 56.8 Å². The molecule has 3 rings (SSSR count). The first kappa shape index (κ1) is 21.9. The average Bonchev–Trinajstić information content (AvgIpc) is 3.25.